The molecule has 2 atom stereocenters. The molecular formula is C37H67F3KNO10SSi2. The van der Waals surface area contributed by atoms with E-state index < -0.39 is 38.1 Å². The van der Waals surface area contributed by atoms with E-state index in [2.05, 4.69) is 37.5 Å². The van der Waals surface area contributed by atoms with Gasteiger partial charge in [-0.3, -0.25) is 9.59 Å². The van der Waals surface area contributed by atoms with Crippen molar-refractivity contribution in [3.8, 4) is 0 Å². The Labute approximate surface area is 374 Å². The van der Waals surface area contributed by atoms with Crippen molar-refractivity contribution >= 4 is 44.5 Å². The summed E-state index contributed by atoms with van der Waals surface area (Å²) in [7, 11) is -8.85. The molecule has 0 N–H and O–H groups in total. The summed E-state index contributed by atoms with van der Waals surface area (Å²) in [5.74, 6) is -1.45. The van der Waals surface area contributed by atoms with Gasteiger partial charge in [0.2, 0.25) is 0 Å². The summed E-state index contributed by atoms with van der Waals surface area (Å²) < 4.78 is 86.9. The number of rotatable bonds is 21. The second-order valence-electron chi connectivity index (χ2n) is 15.0. The van der Waals surface area contributed by atoms with Crippen LogP contribution >= 0.6 is 0 Å². The van der Waals surface area contributed by atoms with Crippen LogP contribution in [0, 0.1) is 11.3 Å². The van der Waals surface area contributed by atoms with E-state index >= 15 is 0 Å². The molecule has 1 rings (SSSR count). The van der Waals surface area contributed by atoms with Crippen molar-refractivity contribution in [2.45, 2.75) is 131 Å². The summed E-state index contributed by atoms with van der Waals surface area (Å²) in [5, 5.41) is 0. The standard InChI is InChI=1S/C14H32O3Si2.C12H14F3NO3S.C11H22O4.K/c1-9-14(2,3)13(15)16-11-10-12-19(7,8)17-18(4,5)6;1-3-8(2)9-4-6-10(7-5-9)11(17)16-20(18,19)12(13,14)15;1-4-10(3)11(12)15-9-8-14-7-6-13-5-2;/h9-12H2,1-8H3;4-8H,3H2,1-2H3,(H,16,17);10H,4-9H2,1-3H3;/q;;;+1/p-1. The number of carbonyl (C=O) groups is 3. The van der Waals surface area contributed by atoms with Gasteiger partial charge >= 0.3 is 68.8 Å². The van der Waals surface area contributed by atoms with Crippen LogP contribution in [0.25, 0.3) is 4.72 Å². The Morgan fingerprint density at radius 3 is 1.78 bits per heavy atom. The van der Waals surface area contributed by atoms with Crippen LogP contribution in [0.3, 0.4) is 0 Å². The molecule has 0 saturated heterocycles. The predicted molar refractivity (Wildman–Crippen MR) is 212 cm³/mol. The third-order valence-electron chi connectivity index (χ3n) is 8.07. The van der Waals surface area contributed by atoms with Gasteiger partial charge in [-0.2, -0.15) is 13.2 Å². The van der Waals surface area contributed by atoms with Gasteiger partial charge < -0.3 is 32.6 Å². The van der Waals surface area contributed by atoms with E-state index in [1.807, 2.05) is 55.4 Å². The van der Waals surface area contributed by atoms with E-state index in [0.717, 1.165) is 37.3 Å². The van der Waals surface area contributed by atoms with Gasteiger partial charge in [0.1, 0.15) is 6.61 Å². The fourth-order valence-corrected chi connectivity index (χ4v) is 12.6. The van der Waals surface area contributed by atoms with Gasteiger partial charge in [-0.15, -0.1) is 0 Å². The minimum atomic E-state index is -5.80. The summed E-state index contributed by atoms with van der Waals surface area (Å²) >= 11 is 0. The Balaban J connectivity index is -0.000000739. The SMILES string of the molecule is CCC(C)(C)C(=O)OCCC[Si](C)(C)O[Si](C)(C)C.CCC(C)c1ccc(C(=O)[N-]S(=O)(=O)C(F)(F)F)cc1.CCOCCOCCOC(=O)C(C)CC.[K+]. The van der Waals surface area contributed by atoms with Crippen LogP contribution < -0.4 is 51.4 Å². The van der Waals surface area contributed by atoms with Crippen molar-refractivity contribution in [2.24, 2.45) is 11.3 Å². The van der Waals surface area contributed by atoms with Crippen LogP contribution in [0.5, 0.6) is 0 Å². The first kappa shape index (κ1) is 58.6. The Hall–Kier alpha value is -0.680. The molecule has 0 aliphatic rings. The van der Waals surface area contributed by atoms with E-state index in [4.69, 9.17) is 23.1 Å². The molecule has 0 fully saturated rings. The van der Waals surface area contributed by atoms with Crippen molar-refractivity contribution in [3.63, 3.8) is 0 Å². The third-order valence-corrected chi connectivity index (χ3v) is 15.3. The van der Waals surface area contributed by atoms with Crippen LogP contribution in [-0.2, 0) is 42.7 Å². The molecule has 0 heterocycles. The van der Waals surface area contributed by atoms with E-state index in [0.29, 0.717) is 39.6 Å². The first-order valence-electron chi connectivity index (χ1n) is 18.6. The maximum atomic E-state index is 12.1. The number of amides is 1. The minimum absolute atomic E-state index is 0. The third kappa shape index (κ3) is 27.6. The molecule has 316 valence electrons. The maximum Gasteiger partial charge on any atom is 1.00 e. The van der Waals surface area contributed by atoms with Gasteiger partial charge in [0.25, 0.3) is 0 Å². The topological polar surface area (TPSA) is 146 Å². The van der Waals surface area contributed by atoms with Crippen molar-refractivity contribution in [3.05, 3.63) is 40.1 Å². The first-order valence-corrected chi connectivity index (χ1v) is 26.5. The van der Waals surface area contributed by atoms with Crippen LogP contribution in [0.2, 0.25) is 38.8 Å². The smallest absolute Gasteiger partial charge is 0.534 e. The number of benzene rings is 1. The van der Waals surface area contributed by atoms with Crippen molar-refractivity contribution in [2.75, 3.05) is 39.6 Å². The molecule has 0 saturated carbocycles. The summed E-state index contributed by atoms with van der Waals surface area (Å²) in [6, 6.07) is 6.71. The van der Waals surface area contributed by atoms with Gasteiger partial charge in [0, 0.05) is 6.61 Å². The molecule has 11 nitrogen and oxygen atoms in total. The number of ether oxygens (including phenoxy) is 4. The maximum absolute atomic E-state index is 12.1. The quantitative estimate of drug-likeness (QED) is 0.0752. The number of alkyl halides is 3. The zero-order chi connectivity index (χ0) is 42.4. The largest absolute Gasteiger partial charge is 1.00 e. The predicted octanol–water partition coefficient (Wildman–Crippen LogP) is 6.61. The van der Waals surface area contributed by atoms with E-state index in [1.165, 1.54) is 12.1 Å². The number of hydrogen-bond donors (Lipinski definition) is 0. The molecule has 18 heteroatoms. The summed E-state index contributed by atoms with van der Waals surface area (Å²) in [4.78, 5) is 34.4. The molecule has 0 aromatic heterocycles. The molecule has 0 aliphatic carbocycles. The number of esters is 2. The molecule has 0 bridgehead atoms. The Morgan fingerprint density at radius 1 is 0.800 bits per heavy atom. The number of hydrogen-bond acceptors (Lipinski definition) is 10. The molecule has 1 aromatic rings. The molecular weight excluding hydrogens is 803 g/mol. The second-order valence-corrected chi connectivity index (χ2v) is 25.6. The van der Waals surface area contributed by atoms with Crippen LogP contribution in [0.1, 0.15) is 103 Å². The van der Waals surface area contributed by atoms with Gasteiger partial charge in [0.15, 0.2) is 26.7 Å². The fraction of sp³-hybridized carbons (Fsp3) is 0.757. The normalized spacial score (nSPS) is 13.1. The van der Waals surface area contributed by atoms with Crippen LogP contribution in [0.15, 0.2) is 24.3 Å². The number of carbonyl (C=O) groups excluding carboxylic acids is 3. The molecule has 0 spiro atoms. The van der Waals surface area contributed by atoms with Crippen molar-refractivity contribution in [1.82, 2.24) is 0 Å². The average molecular weight is 870 g/mol. The van der Waals surface area contributed by atoms with Crippen LogP contribution in [0.4, 0.5) is 13.2 Å². The molecule has 1 aromatic carbocycles. The zero-order valence-corrected chi connectivity index (χ0v) is 41.8. The molecule has 55 heavy (non-hydrogen) atoms. The van der Waals surface area contributed by atoms with Gasteiger partial charge in [-0.25, -0.2) is 8.42 Å². The Morgan fingerprint density at radius 2 is 1.33 bits per heavy atom. The second kappa shape index (κ2) is 28.7. The average Bonchev–Trinajstić information content (AvgIpc) is 3.07. The van der Waals surface area contributed by atoms with Crippen molar-refractivity contribution < 1.29 is 110 Å². The number of halogens is 3. The van der Waals surface area contributed by atoms with E-state index in [9.17, 15) is 36.0 Å². The first-order chi connectivity index (χ1) is 24.7. The van der Waals surface area contributed by atoms with E-state index in [1.54, 1.807) is 12.1 Å². The van der Waals surface area contributed by atoms with Gasteiger partial charge in [-0.1, -0.05) is 58.9 Å². The van der Waals surface area contributed by atoms with Gasteiger partial charge in [-0.05, 0) is 102 Å². The Kier molecular flexibility index (Phi) is 30.6. The molecule has 0 radical (unpaired) electrons. The van der Waals surface area contributed by atoms with E-state index in [-0.39, 0.29) is 86.1 Å². The molecule has 2 unspecified atom stereocenters. The summed E-state index contributed by atoms with van der Waals surface area (Å²) in [6.45, 7) is 29.9. The summed E-state index contributed by atoms with van der Waals surface area (Å²) in [6.07, 6.45) is 3.39. The fourth-order valence-electron chi connectivity index (χ4n) is 4.16. The summed E-state index contributed by atoms with van der Waals surface area (Å²) in [5.41, 5.74) is -5.23. The molecule has 1 amide bonds. The zero-order valence-electron chi connectivity index (χ0n) is 35.8. The number of sulfonamides is 1. The minimum Gasteiger partial charge on any atom is -0.534 e. The van der Waals surface area contributed by atoms with Gasteiger partial charge in [0.05, 0.1) is 43.7 Å². The van der Waals surface area contributed by atoms with Crippen LogP contribution in [-0.4, -0.2) is 88.0 Å². The number of nitrogens with zero attached hydrogens (tertiary/aromatic N) is 1. The van der Waals surface area contributed by atoms with Crippen molar-refractivity contribution in [1.29, 1.82) is 0 Å². The molecule has 0 aliphatic heterocycles. The monoisotopic (exact) mass is 869 g/mol. The Bertz CT molecular complexity index is 1340.